The quantitative estimate of drug-likeness (QED) is 0.865. The molecule has 1 fully saturated rings. The van der Waals surface area contributed by atoms with Crippen molar-refractivity contribution in [1.82, 2.24) is 24.8 Å². The van der Waals surface area contributed by atoms with E-state index in [9.17, 15) is 0 Å². The summed E-state index contributed by atoms with van der Waals surface area (Å²) in [4.78, 5) is 4.67. The second-order valence-corrected chi connectivity index (χ2v) is 5.62. The third-order valence-corrected chi connectivity index (χ3v) is 3.51. The SMILES string of the molecule is CC(C)(N)c1nc(C2CCCC2)nn2cnnc12. The van der Waals surface area contributed by atoms with E-state index in [0.29, 0.717) is 11.6 Å². The Kier molecular flexibility index (Phi) is 2.55. The van der Waals surface area contributed by atoms with Crippen molar-refractivity contribution in [2.24, 2.45) is 5.73 Å². The summed E-state index contributed by atoms with van der Waals surface area (Å²) >= 11 is 0. The lowest BCUT2D eigenvalue weighted by atomic mass is 10.0. The van der Waals surface area contributed by atoms with Crippen LogP contribution < -0.4 is 5.73 Å². The molecule has 0 aliphatic heterocycles. The molecule has 18 heavy (non-hydrogen) atoms. The van der Waals surface area contributed by atoms with Gasteiger partial charge in [-0.1, -0.05) is 12.8 Å². The van der Waals surface area contributed by atoms with Gasteiger partial charge in [0.15, 0.2) is 5.82 Å². The fourth-order valence-electron chi connectivity index (χ4n) is 2.55. The van der Waals surface area contributed by atoms with Crippen molar-refractivity contribution in [1.29, 1.82) is 0 Å². The van der Waals surface area contributed by atoms with Crippen molar-refractivity contribution in [2.75, 3.05) is 0 Å². The monoisotopic (exact) mass is 246 g/mol. The molecule has 0 spiro atoms. The number of rotatable bonds is 2. The summed E-state index contributed by atoms with van der Waals surface area (Å²) in [5.41, 5.74) is 7.07. The van der Waals surface area contributed by atoms with Crippen molar-refractivity contribution in [3.05, 3.63) is 17.8 Å². The molecule has 6 nitrogen and oxygen atoms in total. The molecule has 2 aromatic heterocycles. The Hall–Kier alpha value is -1.56. The molecule has 2 aromatic rings. The number of nitrogens with zero attached hydrogens (tertiary/aromatic N) is 5. The van der Waals surface area contributed by atoms with Crippen LogP contribution in [-0.4, -0.2) is 24.8 Å². The average molecular weight is 246 g/mol. The maximum Gasteiger partial charge on any atom is 0.200 e. The summed E-state index contributed by atoms with van der Waals surface area (Å²) in [7, 11) is 0. The van der Waals surface area contributed by atoms with E-state index in [4.69, 9.17) is 5.73 Å². The van der Waals surface area contributed by atoms with Crippen LogP contribution in [0.1, 0.15) is 57.0 Å². The first-order chi connectivity index (χ1) is 8.55. The van der Waals surface area contributed by atoms with Gasteiger partial charge in [0.05, 0.1) is 5.54 Å². The zero-order chi connectivity index (χ0) is 12.8. The largest absolute Gasteiger partial charge is 0.320 e. The van der Waals surface area contributed by atoms with Crippen molar-refractivity contribution in [2.45, 2.75) is 51.0 Å². The molecule has 1 saturated carbocycles. The molecule has 0 atom stereocenters. The number of aromatic nitrogens is 5. The number of nitrogens with two attached hydrogens (primary N) is 1. The Morgan fingerprint density at radius 3 is 2.72 bits per heavy atom. The van der Waals surface area contributed by atoms with E-state index in [0.717, 1.165) is 24.4 Å². The second kappa shape index (κ2) is 3.98. The van der Waals surface area contributed by atoms with Gasteiger partial charge in [0.2, 0.25) is 5.65 Å². The molecule has 1 aliphatic rings. The van der Waals surface area contributed by atoms with Crippen LogP contribution >= 0.6 is 0 Å². The summed E-state index contributed by atoms with van der Waals surface area (Å²) in [6.45, 7) is 3.87. The molecular formula is C12H18N6. The Bertz CT molecular complexity index is 561. The van der Waals surface area contributed by atoms with Gasteiger partial charge in [-0.15, -0.1) is 15.3 Å². The minimum atomic E-state index is -0.537. The van der Waals surface area contributed by atoms with Crippen LogP contribution in [0.3, 0.4) is 0 Å². The molecule has 2 heterocycles. The minimum Gasteiger partial charge on any atom is -0.320 e. The highest BCUT2D eigenvalue weighted by atomic mass is 15.4. The first kappa shape index (κ1) is 11.5. The molecule has 0 radical (unpaired) electrons. The van der Waals surface area contributed by atoms with Crippen molar-refractivity contribution < 1.29 is 0 Å². The van der Waals surface area contributed by atoms with Gasteiger partial charge >= 0.3 is 0 Å². The molecule has 0 aromatic carbocycles. The van der Waals surface area contributed by atoms with Crippen LogP contribution in [-0.2, 0) is 5.54 Å². The van der Waals surface area contributed by atoms with Gasteiger partial charge in [0.25, 0.3) is 0 Å². The van der Waals surface area contributed by atoms with Crippen molar-refractivity contribution >= 4 is 5.65 Å². The minimum absolute atomic E-state index is 0.456. The fraction of sp³-hybridized carbons (Fsp3) is 0.667. The fourth-order valence-corrected chi connectivity index (χ4v) is 2.55. The van der Waals surface area contributed by atoms with Gasteiger partial charge in [-0.25, -0.2) is 4.98 Å². The molecule has 3 rings (SSSR count). The smallest absolute Gasteiger partial charge is 0.200 e. The highest BCUT2D eigenvalue weighted by molar-refractivity contribution is 5.44. The maximum atomic E-state index is 6.18. The maximum absolute atomic E-state index is 6.18. The Balaban J connectivity index is 2.16. The van der Waals surface area contributed by atoms with Crippen molar-refractivity contribution in [3.8, 4) is 0 Å². The number of hydrogen-bond donors (Lipinski definition) is 1. The summed E-state index contributed by atoms with van der Waals surface area (Å²) in [6, 6.07) is 0. The van der Waals surface area contributed by atoms with Crippen LogP contribution in [0.5, 0.6) is 0 Å². The summed E-state index contributed by atoms with van der Waals surface area (Å²) in [5.74, 6) is 1.34. The van der Waals surface area contributed by atoms with E-state index in [1.165, 1.54) is 12.8 Å². The standard InChI is InChI=1S/C12H18N6/c1-12(2,13)9-11-16-14-7-18(11)17-10(15-9)8-5-3-4-6-8/h7-8H,3-6,13H2,1-2H3. The van der Waals surface area contributed by atoms with Crippen LogP contribution in [0.25, 0.3) is 5.65 Å². The summed E-state index contributed by atoms with van der Waals surface area (Å²) in [6.07, 6.45) is 6.46. The second-order valence-electron chi connectivity index (χ2n) is 5.62. The van der Waals surface area contributed by atoms with E-state index < -0.39 is 5.54 Å². The molecule has 0 unspecified atom stereocenters. The topological polar surface area (TPSA) is 82.0 Å². The number of hydrogen-bond acceptors (Lipinski definition) is 5. The van der Waals surface area contributed by atoms with E-state index in [1.54, 1.807) is 10.8 Å². The van der Waals surface area contributed by atoms with E-state index in [-0.39, 0.29) is 0 Å². The third kappa shape index (κ3) is 1.86. The molecule has 0 saturated heterocycles. The van der Waals surface area contributed by atoms with Crippen LogP contribution in [0.4, 0.5) is 0 Å². The number of fused-ring (bicyclic) bond motifs is 1. The summed E-state index contributed by atoms with van der Waals surface area (Å²) in [5, 5.41) is 12.5. The van der Waals surface area contributed by atoms with Crippen molar-refractivity contribution in [3.63, 3.8) is 0 Å². The Labute approximate surface area is 106 Å². The van der Waals surface area contributed by atoms with Gasteiger partial charge in [-0.05, 0) is 26.7 Å². The van der Waals surface area contributed by atoms with Gasteiger partial charge < -0.3 is 5.73 Å². The van der Waals surface area contributed by atoms with Crippen LogP contribution in [0.2, 0.25) is 0 Å². The van der Waals surface area contributed by atoms with Crippen LogP contribution in [0, 0.1) is 0 Å². The van der Waals surface area contributed by atoms with E-state index >= 15 is 0 Å². The molecule has 1 aliphatic carbocycles. The third-order valence-electron chi connectivity index (χ3n) is 3.51. The lowest BCUT2D eigenvalue weighted by Gasteiger charge is -2.19. The first-order valence-electron chi connectivity index (χ1n) is 6.43. The predicted molar refractivity (Wildman–Crippen MR) is 67.0 cm³/mol. The van der Waals surface area contributed by atoms with E-state index in [1.807, 2.05) is 13.8 Å². The molecule has 0 bridgehead atoms. The molecular weight excluding hydrogens is 228 g/mol. The van der Waals surface area contributed by atoms with Gasteiger partial charge in [-0.2, -0.15) is 4.52 Å². The molecule has 0 amide bonds. The van der Waals surface area contributed by atoms with Gasteiger partial charge in [-0.3, -0.25) is 0 Å². The first-order valence-corrected chi connectivity index (χ1v) is 6.43. The average Bonchev–Trinajstić information content (AvgIpc) is 2.97. The highest BCUT2D eigenvalue weighted by Gasteiger charge is 2.26. The molecule has 6 heteroatoms. The van der Waals surface area contributed by atoms with E-state index in [2.05, 4.69) is 20.3 Å². The van der Waals surface area contributed by atoms with Gasteiger partial charge in [0.1, 0.15) is 12.0 Å². The highest BCUT2D eigenvalue weighted by Crippen LogP contribution is 2.32. The Morgan fingerprint density at radius 1 is 1.33 bits per heavy atom. The lowest BCUT2D eigenvalue weighted by Crippen LogP contribution is -2.32. The van der Waals surface area contributed by atoms with Gasteiger partial charge in [0, 0.05) is 5.92 Å². The lowest BCUT2D eigenvalue weighted by molar-refractivity contribution is 0.518. The molecule has 96 valence electrons. The Morgan fingerprint density at radius 2 is 2.06 bits per heavy atom. The zero-order valence-electron chi connectivity index (χ0n) is 10.8. The zero-order valence-corrected chi connectivity index (χ0v) is 10.8. The normalized spacial score (nSPS) is 17.7. The predicted octanol–water partition coefficient (Wildman–Crippen LogP) is 1.37. The summed E-state index contributed by atoms with van der Waals surface area (Å²) < 4.78 is 1.70. The molecule has 2 N–H and O–H groups in total. The van der Waals surface area contributed by atoms with Crippen LogP contribution in [0.15, 0.2) is 6.33 Å².